The molecular weight excluding hydrogens is 448 g/mol. The van der Waals surface area contributed by atoms with Crippen LogP contribution in [-0.2, 0) is 9.47 Å². The molecule has 0 spiro atoms. The van der Waals surface area contributed by atoms with Crippen LogP contribution in [0, 0.1) is 6.92 Å². The highest BCUT2D eigenvalue weighted by Gasteiger charge is 2.25. The van der Waals surface area contributed by atoms with Crippen LogP contribution in [0.3, 0.4) is 0 Å². The number of hydrogen-bond acceptors (Lipinski definition) is 10. The van der Waals surface area contributed by atoms with Gasteiger partial charge in [-0.05, 0) is 44.7 Å². The second-order valence-corrected chi connectivity index (χ2v) is 8.91. The molecule has 5 rings (SSSR count). The molecule has 0 bridgehead atoms. The van der Waals surface area contributed by atoms with Gasteiger partial charge in [0.15, 0.2) is 5.69 Å². The maximum absolute atomic E-state index is 11.9. The van der Waals surface area contributed by atoms with Crippen LogP contribution in [-0.4, -0.2) is 71.5 Å². The standard InChI is InChI=1S/C25H30N6O4/c1-16-13-21(24(32)33-2)30-25(28-16)29-17-3-5-19(6-4-17)35-22-15-18(31-9-11-34-12-10-31)14-20-23(22)27-8-7-26-20/h7-8,13-15,17,19H,3-6,9-12H2,1-2H3,(H,28,29,30)/t17-,19+. The Labute approximate surface area is 204 Å². The van der Waals surface area contributed by atoms with Crippen molar-refractivity contribution in [2.24, 2.45) is 0 Å². The minimum absolute atomic E-state index is 0.0854. The zero-order chi connectivity index (χ0) is 24.2. The molecule has 1 aromatic carbocycles. The first-order valence-corrected chi connectivity index (χ1v) is 12.0. The molecule has 10 nitrogen and oxygen atoms in total. The molecule has 35 heavy (non-hydrogen) atoms. The predicted octanol–water partition coefficient (Wildman–Crippen LogP) is 3.15. The smallest absolute Gasteiger partial charge is 0.356 e. The third-order valence-electron chi connectivity index (χ3n) is 6.45. The highest BCUT2D eigenvalue weighted by Crippen LogP contribution is 2.33. The number of aromatic nitrogens is 4. The van der Waals surface area contributed by atoms with Crippen molar-refractivity contribution < 1.29 is 19.0 Å². The van der Waals surface area contributed by atoms with E-state index in [1.54, 1.807) is 18.5 Å². The molecular formula is C25H30N6O4. The minimum atomic E-state index is -0.467. The molecule has 2 fully saturated rings. The zero-order valence-corrected chi connectivity index (χ0v) is 20.1. The fourth-order valence-corrected chi connectivity index (χ4v) is 4.65. The van der Waals surface area contributed by atoms with Gasteiger partial charge in [0.25, 0.3) is 0 Å². The van der Waals surface area contributed by atoms with Gasteiger partial charge in [0, 0.05) is 49.0 Å². The van der Waals surface area contributed by atoms with Crippen molar-refractivity contribution >= 4 is 28.6 Å². The normalized spacial score (nSPS) is 20.5. The van der Waals surface area contributed by atoms with E-state index in [9.17, 15) is 4.79 Å². The van der Waals surface area contributed by atoms with Crippen molar-refractivity contribution in [3.8, 4) is 5.75 Å². The molecule has 0 atom stereocenters. The van der Waals surface area contributed by atoms with E-state index < -0.39 is 5.97 Å². The van der Waals surface area contributed by atoms with Crippen LogP contribution in [0.2, 0.25) is 0 Å². The third-order valence-corrected chi connectivity index (χ3v) is 6.45. The van der Waals surface area contributed by atoms with Gasteiger partial charge >= 0.3 is 5.97 Å². The molecule has 1 saturated carbocycles. The van der Waals surface area contributed by atoms with Crippen molar-refractivity contribution in [3.63, 3.8) is 0 Å². The molecule has 3 heterocycles. The number of carbonyl (C=O) groups is 1. The topological polar surface area (TPSA) is 112 Å². The summed E-state index contributed by atoms with van der Waals surface area (Å²) in [6, 6.07) is 5.99. The Kier molecular flexibility index (Phi) is 6.89. The number of methoxy groups -OCH3 is 1. The van der Waals surface area contributed by atoms with Gasteiger partial charge in [-0.15, -0.1) is 0 Å². The Morgan fingerprint density at radius 2 is 1.83 bits per heavy atom. The number of carbonyl (C=O) groups excluding carboxylic acids is 1. The first-order chi connectivity index (χ1) is 17.1. The number of fused-ring (bicyclic) bond motifs is 1. The molecule has 10 heteroatoms. The van der Waals surface area contributed by atoms with E-state index in [2.05, 4.69) is 42.3 Å². The van der Waals surface area contributed by atoms with Crippen LogP contribution in [0.15, 0.2) is 30.6 Å². The molecule has 0 amide bonds. The number of rotatable bonds is 6. The van der Waals surface area contributed by atoms with Gasteiger partial charge in [-0.1, -0.05) is 0 Å². The Morgan fingerprint density at radius 1 is 1.06 bits per heavy atom. The van der Waals surface area contributed by atoms with Crippen molar-refractivity contribution in [1.29, 1.82) is 0 Å². The summed E-state index contributed by atoms with van der Waals surface area (Å²) in [5.41, 5.74) is 3.68. The lowest BCUT2D eigenvalue weighted by Gasteiger charge is -2.31. The molecule has 184 valence electrons. The van der Waals surface area contributed by atoms with E-state index in [1.807, 2.05) is 6.92 Å². The number of nitrogens with zero attached hydrogens (tertiary/aromatic N) is 5. The van der Waals surface area contributed by atoms with E-state index in [0.29, 0.717) is 11.6 Å². The monoisotopic (exact) mass is 478 g/mol. The van der Waals surface area contributed by atoms with E-state index >= 15 is 0 Å². The number of aryl methyl sites for hydroxylation is 1. The highest BCUT2D eigenvalue weighted by atomic mass is 16.5. The Hall–Kier alpha value is -3.53. The first-order valence-electron chi connectivity index (χ1n) is 12.0. The van der Waals surface area contributed by atoms with Crippen molar-refractivity contribution in [2.75, 3.05) is 43.6 Å². The SMILES string of the molecule is COC(=O)c1cc(C)nc(N[C@H]2CC[C@@H](Oc3cc(N4CCOCC4)cc4nccnc34)CC2)n1. The van der Waals surface area contributed by atoms with Gasteiger partial charge in [0.1, 0.15) is 11.3 Å². The van der Waals surface area contributed by atoms with E-state index in [1.165, 1.54) is 7.11 Å². The van der Waals surface area contributed by atoms with E-state index in [0.717, 1.165) is 74.5 Å². The lowest BCUT2D eigenvalue weighted by atomic mass is 9.93. The molecule has 1 N–H and O–H groups in total. The van der Waals surface area contributed by atoms with Crippen LogP contribution in [0.4, 0.5) is 11.6 Å². The molecule has 3 aromatic rings. The van der Waals surface area contributed by atoms with Gasteiger partial charge in [-0.2, -0.15) is 0 Å². The lowest BCUT2D eigenvalue weighted by molar-refractivity contribution is 0.0594. The average molecular weight is 479 g/mol. The number of morpholine rings is 1. The maximum Gasteiger partial charge on any atom is 0.356 e. The molecule has 2 aromatic heterocycles. The van der Waals surface area contributed by atoms with Crippen LogP contribution in [0.5, 0.6) is 5.75 Å². The van der Waals surface area contributed by atoms with Crippen molar-refractivity contribution in [2.45, 2.75) is 44.8 Å². The molecule has 1 aliphatic heterocycles. The molecule has 1 saturated heterocycles. The fraction of sp³-hybridized carbons (Fsp3) is 0.480. The molecule has 1 aliphatic carbocycles. The summed E-state index contributed by atoms with van der Waals surface area (Å²) in [6.45, 7) is 4.97. The number of benzene rings is 1. The van der Waals surface area contributed by atoms with Crippen LogP contribution >= 0.6 is 0 Å². The molecule has 0 unspecified atom stereocenters. The number of esters is 1. The second-order valence-electron chi connectivity index (χ2n) is 8.91. The van der Waals surface area contributed by atoms with Gasteiger partial charge < -0.3 is 24.4 Å². The van der Waals surface area contributed by atoms with Gasteiger partial charge in [0.2, 0.25) is 5.95 Å². The predicted molar refractivity (Wildman–Crippen MR) is 131 cm³/mol. The van der Waals surface area contributed by atoms with Crippen LogP contribution in [0.25, 0.3) is 11.0 Å². The van der Waals surface area contributed by atoms with E-state index in [4.69, 9.17) is 14.2 Å². The second kappa shape index (κ2) is 10.4. The number of ether oxygens (including phenoxy) is 3. The van der Waals surface area contributed by atoms with Gasteiger partial charge in [-0.3, -0.25) is 4.98 Å². The van der Waals surface area contributed by atoms with E-state index in [-0.39, 0.29) is 17.8 Å². The number of hydrogen-bond donors (Lipinski definition) is 1. The van der Waals surface area contributed by atoms with Crippen LogP contribution in [0.1, 0.15) is 41.9 Å². The summed E-state index contributed by atoms with van der Waals surface area (Å²) in [6.07, 6.45) is 7.08. The minimum Gasteiger partial charge on any atom is -0.488 e. The van der Waals surface area contributed by atoms with Crippen LogP contribution < -0.4 is 15.0 Å². The Balaban J connectivity index is 1.26. The molecule has 2 aliphatic rings. The summed E-state index contributed by atoms with van der Waals surface area (Å²) < 4.78 is 16.8. The quantitative estimate of drug-likeness (QED) is 0.530. The highest BCUT2D eigenvalue weighted by molar-refractivity contribution is 5.87. The Morgan fingerprint density at radius 3 is 2.60 bits per heavy atom. The molecule has 0 radical (unpaired) electrons. The maximum atomic E-state index is 11.9. The Bertz CT molecular complexity index is 1190. The summed E-state index contributed by atoms with van der Waals surface area (Å²) in [5, 5.41) is 3.38. The number of nitrogens with one attached hydrogen (secondary N) is 1. The van der Waals surface area contributed by atoms with Gasteiger partial charge in [-0.25, -0.2) is 19.7 Å². The summed E-state index contributed by atoms with van der Waals surface area (Å²) in [4.78, 5) is 32.0. The largest absolute Gasteiger partial charge is 0.488 e. The van der Waals surface area contributed by atoms with Gasteiger partial charge in [0.05, 0.1) is 31.9 Å². The first kappa shape index (κ1) is 23.2. The van der Waals surface area contributed by atoms with Crippen molar-refractivity contribution in [1.82, 2.24) is 19.9 Å². The third kappa shape index (κ3) is 5.43. The summed E-state index contributed by atoms with van der Waals surface area (Å²) >= 11 is 0. The summed E-state index contributed by atoms with van der Waals surface area (Å²) in [7, 11) is 1.35. The average Bonchev–Trinajstić information content (AvgIpc) is 2.89. The lowest BCUT2D eigenvalue weighted by Crippen LogP contribution is -2.36. The van der Waals surface area contributed by atoms with Crippen molar-refractivity contribution in [3.05, 3.63) is 42.0 Å². The zero-order valence-electron chi connectivity index (χ0n) is 20.1. The summed E-state index contributed by atoms with van der Waals surface area (Å²) in [5.74, 6) is 0.762. The fourth-order valence-electron chi connectivity index (χ4n) is 4.65. The number of anilines is 2.